The van der Waals surface area contributed by atoms with Crippen LogP contribution in [0.5, 0.6) is 17.2 Å². The SMILES string of the molecule is COc1ccc(-c2cn[nH]c2-c2ccc(OCc3ccc(Cl)c(Cl)c3)cc2O)cc1. The molecular weight excluding hydrogens is 423 g/mol. The Bertz CT molecular complexity index is 1170. The fraction of sp³-hybridized carbons (Fsp3) is 0.0870. The van der Waals surface area contributed by atoms with Crippen molar-refractivity contribution in [3.05, 3.63) is 82.5 Å². The van der Waals surface area contributed by atoms with E-state index in [1.807, 2.05) is 30.3 Å². The average molecular weight is 441 g/mol. The van der Waals surface area contributed by atoms with Crippen LogP contribution in [0.4, 0.5) is 0 Å². The zero-order valence-electron chi connectivity index (χ0n) is 16.0. The molecule has 0 aliphatic carbocycles. The lowest BCUT2D eigenvalue weighted by atomic mass is 10.0. The van der Waals surface area contributed by atoms with Crippen LogP contribution in [-0.4, -0.2) is 22.4 Å². The number of hydrogen-bond donors (Lipinski definition) is 2. The van der Waals surface area contributed by atoms with Gasteiger partial charge in [-0.3, -0.25) is 5.10 Å². The van der Waals surface area contributed by atoms with Gasteiger partial charge in [-0.2, -0.15) is 5.10 Å². The predicted molar refractivity (Wildman–Crippen MR) is 118 cm³/mol. The van der Waals surface area contributed by atoms with Gasteiger partial charge in [0.1, 0.15) is 23.9 Å². The average Bonchev–Trinajstić information content (AvgIpc) is 3.24. The zero-order valence-corrected chi connectivity index (χ0v) is 17.5. The maximum absolute atomic E-state index is 10.6. The molecule has 0 radical (unpaired) electrons. The van der Waals surface area contributed by atoms with Crippen molar-refractivity contribution in [2.75, 3.05) is 7.11 Å². The number of H-pyrrole nitrogens is 1. The van der Waals surface area contributed by atoms with Crippen molar-refractivity contribution in [2.24, 2.45) is 0 Å². The second kappa shape index (κ2) is 8.69. The number of benzene rings is 3. The highest BCUT2D eigenvalue weighted by Crippen LogP contribution is 2.37. The number of ether oxygens (including phenoxy) is 2. The Labute approximate surface area is 183 Å². The molecule has 4 rings (SSSR count). The summed E-state index contributed by atoms with van der Waals surface area (Å²) in [6.07, 6.45) is 1.73. The molecule has 2 N–H and O–H groups in total. The van der Waals surface area contributed by atoms with E-state index in [-0.39, 0.29) is 5.75 Å². The maximum Gasteiger partial charge on any atom is 0.128 e. The van der Waals surface area contributed by atoms with Crippen molar-refractivity contribution in [1.29, 1.82) is 0 Å². The number of phenols is 1. The Kier molecular flexibility index (Phi) is 5.84. The predicted octanol–water partition coefficient (Wildman–Crippen LogP) is 6.34. The van der Waals surface area contributed by atoms with E-state index in [0.717, 1.165) is 22.4 Å². The number of nitrogens with zero attached hydrogens (tertiary/aromatic N) is 1. The highest BCUT2D eigenvalue weighted by molar-refractivity contribution is 6.42. The van der Waals surface area contributed by atoms with Crippen molar-refractivity contribution >= 4 is 23.2 Å². The molecule has 0 unspecified atom stereocenters. The molecule has 0 aliphatic rings. The molecule has 1 heterocycles. The van der Waals surface area contributed by atoms with E-state index in [4.69, 9.17) is 32.7 Å². The molecule has 5 nitrogen and oxygen atoms in total. The first-order valence-electron chi connectivity index (χ1n) is 9.13. The summed E-state index contributed by atoms with van der Waals surface area (Å²) < 4.78 is 11.0. The molecule has 7 heteroatoms. The number of aromatic nitrogens is 2. The highest BCUT2D eigenvalue weighted by Gasteiger charge is 2.14. The normalized spacial score (nSPS) is 10.8. The number of methoxy groups -OCH3 is 1. The van der Waals surface area contributed by atoms with Crippen molar-refractivity contribution in [3.8, 4) is 39.6 Å². The molecule has 152 valence electrons. The number of aromatic hydroxyl groups is 1. The van der Waals surface area contributed by atoms with E-state index in [2.05, 4.69) is 10.2 Å². The van der Waals surface area contributed by atoms with Crippen LogP contribution in [-0.2, 0) is 6.61 Å². The first kappa shape index (κ1) is 20.1. The van der Waals surface area contributed by atoms with Gasteiger partial charge < -0.3 is 14.6 Å². The lowest BCUT2D eigenvalue weighted by Gasteiger charge is -2.11. The Morgan fingerprint density at radius 3 is 2.37 bits per heavy atom. The van der Waals surface area contributed by atoms with E-state index in [0.29, 0.717) is 33.7 Å². The van der Waals surface area contributed by atoms with Crippen LogP contribution in [0, 0.1) is 0 Å². The van der Waals surface area contributed by atoms with Gasteiger partial charge in [-0.15, -0.1) is 0 Å². The fourth-order valence-corrected chi connectivity index (χ4v) is 3.41. The van der Waals surface area contributed by atoms with Crippen molar-refractivity contribution in [3.63, 3.8) is 0 Å². The van der Waals surface area contributed by atoms with Crippen LogP contribution >= 0.6 is 23.2 Å². The fourth-order valence-electron chi connectivity index (χ4n) is 3.09. The van der Waals surface area contributed by atoms with Gasteiger partial charge in [0, 0.05) is 17.2 Å². The summed E-state index contributed by atoms with van der Waals surface area (Å²) in [6.45, 7) is 0.302. The number of halogens is 2. The Morgan fingerprint density at radius 2 is 1.67 bits per heavy atom. The third-order valence-electron chi connectivity index (χ3n) is 4.67. The minimum absolute atomic E-state index is 0.0839. The van der Waals surface area contributed by atoms with Gasteiger partial charge in [0.15, 0.2) is 0 Å². The standard InChI is InChI=1S/C23H18Cl2N2O3/c1-29-16-5-3-15(4-6-16)19-12-26-27-23(19)18-8-7-17(11-22(18)28)30-13-14-2-9-20(24)21(25)10-14/h2-12,28H,13H2,1H3,(H,26,27). The van der Waals surface area contributed by atoms with Crippen LogP contribution in [0.15, 0.2) is 66.9 Å². The van der Waals surface area contributed by atoms with Crippen molar-refractivity contribution in [1.82, 2.24) is 10.2 Å². The van der Waals surface area contributed by atoms with Crippen LogP contribution < -0.4 is 9.47 Å². The molecule has 0 atom stereocenters. The molecule has 0 fully saturated rings. The van der Waals surface area contributed by atoms with Crippen LogP contribution in [0.2, 0.25) is 10.0 Å². The molecule has 30 heavy (non-hydrogen) atoms. The van der Waals surface area contributed by atoms with Gasteiger partial charge in [0.25, 0.3) is 0 Å². The first-order chi connectivity index (χ1) is 14.5. The second-order valence-electron chi connectivity index (χ2n) is 6.60. The number of aromatic amines is 1. The summed E-state index contributed by atoms with van der Waals surface area (Å²) in [5.41, 5.74) is 4.05. The third-order valence-corrected chi connectivity index (χ3v) is 5.41. The van der Waals surface area contributed by atoms with Crippen LogP contribution in [0.3, 0.4) is 0 Å². The quantitative estimate of drug-likeness (QED) is 0.366. The summed E-state index contributed by atoms with van der Waals surface area (Å²) in [4.78, 5) is 0. The Hall–Kier alpha value is -3.15. The monoisotopic (exact) mass is 440 g/mol. The van der Waals surface area contributed by atoms with Crippen molar-refractivity contribution < 1.29 is 14.6 Å². The summed E-state index contributed by atoms with van der Waals surface area (Å²) in [6, 6.07) is 18.1. The van der Waals surface area contributed by atoms with Gasteiger partial charge in [-0.1, -0.05) is 41.4 Å². The minimum Gasteiger partial charge on any atom is -0.507 e. The molecule has 0 bridgehead atoms. The number of hydrogen-bond acceptors (Lipinski definition) is 4. The van der Waals surface area contributed by atoms with E-state index in [1.165, 1.54) is 0 Å². The van der Waals surface area contributed by atoms with Crippen LogP contribution in [0.1, 0.15) is 5.56 Å². The lowest BCUT2D eigenvalue weighted by molar-refractivity contribution is 0.304. The minimum atomic E-state index is 0.0839. The van der Waals surface area contributed by atoms with Gasteiger partial charge in [-0.05, 0) is 47.5 Å². The first-order valence-corrected chi connectivity index (χ1v) is 9.88. The molecular formula is C23H18Cl2N2O3. The van der Waals surface area contributed by atoms with Gasteiger partial charge in [0.2, 0.25) is 0 Å². The van der Waals surface area contributed by atoms with Gasteiger partial charge in [-0.25, -0.2) is 0 Å². The van der Waals surface area contributed by atoms with E-state index < -0.39 is 0 Å². The Balaban J connectivity index is 1.55. The van der Waals surface area contributed by atoms with Crippen LogP contribution in [0.25, 0.3) is 22.4 Å². The number of nitrogens with one attached hydrogen (secondary N) is 1. The lowest BCUT2D eigenvalue weighted by Crippen LogP contribution is -1.95. The molecule has 0 aliphatic heterocycles. The molecule has 0 saturated carbocycles. The Morgan fingerprint density at radius 1 is 0.900 bits per heavy atom. The largest absolute Gasteiger partial charge is 0.507 e. The molecule has 1 aromatic heterocycles. The molecule has 4 aromatic rings. The molecule has 0 spiro atoms. The summed E-state index contributed by atoms with van der Waals surface area (Å²) in [5, 5.41) is 18.7. The van der Waals surface area contributed by atoms with Gasteiger partial charge in [0.05, 0.1) is 29.0 Å². The molecule has 3 aromatic carbocycles. The summed E-state index contributed by atoms with van der Waals surface area (Å²) in [5.74, 6) is 1.39. The number of rotatable bonds is 6. The second-order valence-corrected chi connectivity index (χ2v) is 7.42. The van der Waals surface area contributed by atoms with E-state index in [1.54, 1.807) is 43.6 Å². The zero-order chi connectivity index (χ0) is 21.1. The maximum atomic E-state index is 10.6. The highest BCUT2D eigenvalue weighted by atomic mass is 35.5. The van der Waals surface area contributed by atoms with Crippen molar-refractivity contribution in [2.45, 2.75) is 6.61 Å². The third kappa shape index (κ3) is 4.22. The number of phenolic OH excluding ortho intramolecular Hbond substituents is 1. The van der Waals surface area contributed by atoms with E-state index in [9.17, 15) is 5.11 Å². The molecule has 0 amide bonds. The van der Waals surface area contributed by atoms with E-state index >= 15 is 0 Å². The van der Waals surface area contributed by atoms with Gasteiger partial charge >= 0.3 is 0 Å². The topological polar surface area (TPSA) is 67.4 Å². The summed E-state index contributed by atoms with van der Waals surface area (Å²) >= 11 is 12.0. The smallest absolute Gasteiger partial charge is 0.128 e. The molecule has 0 saturated heterocycles. The summed E-state index contributed by atoms with van der Waals surface area (Å²) in [7, 11) is 1.63.